The van der Waals surface area contributed by atoms with Crippen molar-refractivity contribution in [1.29, 1.82) is 0 Å². The van der Waals surface area contributed by atoms with Gasteiger partial charge >= 0.3 is 0 Å². The molecule has 1 aromatic heterocycles. The third kappa shape index (κ3) is 4.31. The van der Waals surface area contributed by atoms with Crippen molar-refractivity contribution in [3.05, 3.63) is 34.6 Å². The van der Waals surface area contributed by atoms with E-state index in [1.165, 1.54) is 25.7 Å². The molecule has 2 saturated heterocycles. The Kier molecular flexibility index (Phi) is 5.77. The minimum Gasteiger partial charge on any atom is -0.486 e. The Labute approximate surface area is 180 Å². The lowest BCUT2D eigenvalue weighted by Gasteiger charge is -2.31. The summed E-state index contributed by atoms with van der Waals surface area (Å²) in [5.74, 6) is 5.06. The maximum Gasteiger partial charge on any atom is 0.227 e. The van der Waals surface area contributed by atoms with Gasteiger partial charge in [-0.15, -0.1) is 10.2 Å². The zero-order valence-corrected chi connectivity index (χ0v) is 18.4. The highest BCUT2D eigenvalue weighted by atomic mass is 79.9. The van der Waals surface area contributed by atoms with Gasteiger partial charge in [0.1, 0.15) is 12.4 Å². The molecule has 0 radical (unpaired) electrons. The van der Waals surface area contributed by atoms with E-state index in [0.717, 1.165) is 73.1 Å². The van der Waals surface area contributed by atoms with Crippen molar-refractivity contribution in [2.24, 2.45) is 17.8 Å². The van der Waals surface area contributed by atoms with Gasteiger partial charge in [0, 0.05) is 36.6 Å². The van der Waals surface area contributed by atoms with Crippen LogP contribution in [0.3, 0.4) is 0 Å². The van der Waals surface area contributed by atoms with Gasteiger partial charge in [0.2, 0.25) is 5.95 Å². The van der Waals surface area contributed by atoms with Gasteiger partial charge in [-0.25, -0.2) is 0 Å². The standard InChI is InChI=1S/C22H29BrN4O2/c23-19-4-6-20(7-5-19)29-15-21-24-25-22(27(21)12-16-9-11-28-14-16)26-10-8-18(13-26)17-2-1-3-17/h4-7,16-18H,1-3,8-15H2. The predicted molar refractivity (Wildman–Crippen MR) is 115 cm³/mol. The van der Waals surface area contributed by atoms with Crippen LogP contribution in [0.15, 0.2) is 28.7 Å². The molecule has 7 heteroatoms. The normalized spacial score (nSPS) is 24.8. The number of hydrogen-bond acceptors (Lipinski definition) is 5. The second kappa shape index (κ2) is 8.64. The van der Waals surface area contributed by atoms with Gasteiger partial charge < -0.3 is 14.4 Å². The van der Waals surface area contributed by atoms with Crippen molar-refractivity contribution in [2.75, 3.05) is 31.2 Å². The van der Waals surface area contributed by atoms with E-state index in [4.69, 9.17) is 9.47 Å². The molecule has 29 heavy (non-hydrogen) atoms. The number of benzene rings is 1. The minimum atomic E-state index is 0.433. The van der Waals surface area contributed by atoms with E-state index < -0.39 is 0 Å². The fraction of sp³-hybridized carbons (Fsp3) is 0.636. The SMILES string of the molecule is Brc1ccc(OCc2nnc(N3CCC(C4CCC4)C3)n2CC2CCOC2)cc1. The van der Waals surface area contributed by atoms with Gasteiger partial charge in [0.15, 0.2) is 5.82 Å². The van der Waals surface area contributed by atoms with Crippen molar-refractivity contribution in [3.63, 3.8) is 0 Å². The maximum absolute atomic E-state index is 6.02. The molecule has 6 nitrogen and oxygen atoms in total. The Morgan fingerprint density at radius 2 is 1.93 bits per heavy atom. The van der Waals surface area contributed by atoms with Crippen LogP contribution in [0, 0.1) is 17.8 Å². The van der Waals surface area contributed by atoms with E-state index in [2.05, 4.69) is 35.6 Å². The summed E-state index contributed by atoms with van der Waals surface area (Å²) in [4.78, 5) is 2.45. The third-order valence-corrected chi connectivity index (χ3v) is 7.31. The van der Waals surface area contributed by atoms with Gasteiger partial charge in [0.25, 0.3) is 0 Å². The van der Waals surface area contributed by atoms with Gasteiger partial charge in [-0.3, -0.25) is 4.57 Å². The van der Waals surface area contributed by atoms with Crippen LogP contribution in [0.25, 0.3) is 0 Å². The molecule has 0 spiro atoms. The lowest BCUT2D eigenvalue weighted by Crippen LogP contribution is -2.29. The van der Waals surface area contributed by atoms with Crippen molar-refractivity contribution < 1.29 is 9.47 Å². The van der Waals surface area contributed by atoms with E-state index in [-0.39, 0.29) is 0 Å². The third-order valence-electron chi connectivity index (χ3n) is 6.78. The Hall–Kier alpha value is -1.60. The first-order valence-electron chi connectivity index (χ1n) is 10.9. The molecule has 1 aromatic carbocycles. The van der Waals surface area contributed by atoms with Crippen LogP contribution in [-0.4, -0.2) is 41.1 Å². The van der Waals surface area contributed by atoms with Crippen LogP contribution < -0.4 is 9.64 Å². The Balaban J connectivity index is 1.32. The lowest BCUT2D eigenvalue weighted by atomic mass is 9.75. The fourth-order valence-corrected chi connectivity index (χ4v) is 5.05. The van der Waals surface area contributed by atoms with E-state index in [1.807, 2.05) is 24.3 Å². The van der Waals surface area contributed by atoms with Gasteiger partial charge in [-0.05, 0) is 48.9 Å². The van der Waals surface area contributed by atoms with Crippen molar-refractivity contribution in [3.8, 4) is 5.75 Å². The summed E-state index contributed by atoms with van der Waals surface area (Å²) in [5.41, 5.74) is 0. The van der Waals surface area contributed by atoms with Crippen molar-refractivity contribution in [2.45, 2.75) is 45.3 Å². The monoisotopic (exact) mass is 460 g/mol. The molecule has 2 unspecified atom stereocenters. The molecule has 0 bridgehead atoms. The smallest absolute Gasteiger partial charge is 0.227 e. The topological polar surface area (TPSA) is 52.4 Å². The highest BCUT2D eigenvalue weighted by Crippen LogP contribution is 2.39. The van der Waals surface area contributed by atoms with Crippen LogP contribution in [0.5, 0.6) is 5.75 Å². The average Bonchev–Trinajstić information content (AvgIpc) is 3.42. The van der Waals surface area contributed by atoms with Crippen LogP contribution in [0.4, 0.5) is 5.95 Å². The second-order valence-electron chi connectivity index (χ2n) is 8.68. The molecule has 1 aliphatic carbocycles. The predicted octanol–water partition coefficient (Wildman–Crippen LogP) is 4.28. The molecule has 1 saturated carbocycles. The molecule has 3 aliphatic rings. The highest BCUT2D eigenvalue weighted by molar-refractivity contribution is 9.10. The van der Waals surface area contributed by atoms with Gasteiger partial charge in [-0.2, -0.15) is 0 Å². The number of rotatable bonds is 7. The first kappa shape index (κ1) is 19.4. The van der Waals surface area contributed by atoms with Crippen LogP contribution in [-0.2, 0) is 17.9 Å². The maximum atomic E-state index is 6.02. The number of anilines is 1. The summed E-state index contributed by atoms with van der Waals surface area (Å²) in [6.07, 6.45) is 6.63. The average molecular weight is 461 g/mol. The Bertz CT molecular complexity index is 815. The fourth-order valence-electron chi connectivity index (χ4n) is 4.78. The number of hydrogen-bond donors (Lipinski definition) is 0. The molecule has 2 aliphatic heterocycles. The van der Waals surface area contributed by atoms with Gasteiger partial charge in [0.05, 0.1) is 6.61 Å². The Morgan fingerprint density at radius 3 is 2.66 bits per heavy atom. The molecular formula is C22H29BrN4O2. The van der Waals surface area contributed by atoms with Crippen molar-refractivity contribution >= 4 is 21.9 Å². The number of halogens is 1. The summed E-state index contributed by atoms with van der Waals surface area (Å²) in [6, 6.07) is 7.93. The largest absolute Gasteiger partial charge is 0.486 e. The molecule has 156 valence electrons. The zero-order valence-electron chi connectivity index (χ0n) is 16.8. The second-order valence-corrected chi connectivity index (χ2v) is 9.60. The summed E-state index contributed by atoms with van der Waals surface area (Å²) in [5, 5.41) is 9.15. The van der Waals surface area contributed by atoms with Crippen LogP contribution in [0.2, 0.25) is 0 Å². The number of aromatic nitrogens is 3. The summed E-state index contributed by atoms with van der Waals surface area (Å²) in [7, 11) is 0. The summed E-state index contributed by atoms with van der Waals surface area (Å²) in [6.45, 7) is 5.25. The lowest BCUT2D eigenvalue weighted by molar-refractivity contribution is 0.181. The van der Waals surface area contributed by atoms with E-state index in [0.29, 0.717) is 12.5 Å². The highest BCUT2D eigenvalue weighted by Gasteiger charge is 2.35. The zero-order chi connectivity index (χ0) is 19.6. The Morgan fingerprint density at radius 1 is 1.07 bits per heavy atom. The summed E-state index contributed by atoms with van der Waals surface area (Å²) < 4.78 is 15.0. The first-order chi connectivity index (χ1) is 14.3. The molecule has 2 aromatic rings. The first-order valence-corrected chi connectivity index (χ1v) is 11.7. The molecule has 3 fully saturated rings. The van der Waals surface area contributed by atoms with Gasteiger partial charge in [-0.1, -0.05) is 35.2 Å². The molecule has 2 atom stereocenters. The van der Waals surface area contributed by atoms with E-state index >= 15 is 0 Å². The number of ether oxygens (including phenoxy) is 2. The quantitative estimate of drug-likeness (QED) is 0.616. The number of nitrogens with zero attached hydrogens (tertiary/aromatic N) is 4. The van der Waals surface area contributed by atoms with E-state index in [9.17, 15) is 0 Å². The molecule has 0 N–H and O–H groups in total. The molecular weight excluding hydrogens is 432 g/mol. The van der Waals surface area contributed by atoms with Crippen molar-refractivity contribution in [1.82, 2.24) is 14.8 Å². The molecule has 5 rings (SSSR count). The van der Waals surface area contributed by atoms with Crippen LogP contribution in [0.1, 0.15) is 37.9 Å². The minimum absolute atomic E-state index is 0.433. The van der Waals surface area contributed by atoms with E-state index in [1.54, 1.807) is 0 Å². The molecule has 0 amide bonds. The molecule has 3 heterocycles. The summed E-state index contributed by atoms with van der Waals surface area (Å²) >= 11 is 3.47. The van der Waals surface area contributed by atoms with Crippen LogP contribution >= 0.6 is 15.9 Å².